The number of nitrogens with two attached hydrogens (primary N) is 1. The van der Waals surface area contributed by atoms with Crippen LogP contribution in [0.4, 0.5) is 0 Å². The lowest BCUT2D eigenvalue weighted by molar-refractivity contribution is -0.115. The maximum Gasteiger partial charge on any atom is 0.409 e. The van der Waals surface area contributed by atoms with E-state index < -0.39 is 98.8 Å². The Morgan fingerprint density at radius 1 is 0.543 bits per heavy atom. The summed E-state index contributed by atoms with van der Waals surface area (Å²) >= 11 is 0. The number of rotatable bonds is 2. The van der Waals surface area contributed by atoms with Crippen molar-refractivity contribution in [1.29, 1.82) is 0 Å². The molecule has 105 heavy (non-hydrogen) atoms. The van der Waals surface area contributed by atoms with Crippen LogP contribution < -0.4 is 93.7 Å². The van der Waals surface area contributed by atoms with Crippen molar-refractivity contribution in [2.75, 3.05) is 12.3 Å². The van der Waals surface area contributed by atoms with E-state index in [2.05, 4.69) is 79.3 Å². The highest BCUT2D eigenvalue weighted by Crippen LogP contribution is 2.21. The van der Waals surface area contributed by atoms with Crippen LogP contribution in [-0.2, 0) is 53.5 Å². The van der Waals surface area contributed by atoms with Crippen LogP contribution in [0.5, 0.6) is 0 Å². The van der Waals surface area contributed by atoms with Crippen LogP contribution in [0.15, 0.2) is 183 Å². The molecule has 0 aliphatic carbocycles. The van der Waals surface area contributed by atoms with Crippen LogP contribution in [0.1, 0.15) is 43.6 Å². The minimum atomic E-state index is -3.85. The van der Waals surface area contributed by atoms with Gasteiger partial charge in [-0.15, -0.1) is 0 Å². The predicted octanol–water partition coefficient (Wildman–Crippen LogP) is -6.41. The SMILES string of the molecule is CC1=CC(=O)NS(=O)(=O)O1.Cc1c[nH]c(=O)[nH]c1=O.Cn1cnc2c1c(=O)[nH]c(=O)n2C.NCCS(=O)(=O)O.O=C1NC(=O)c2ccccc21.O=C1NS(=O)(=O)c2ccccc21.O=c1[nH]c(=O)c2[nH]c(=O)[nH]c2[nH]1.O=c1[nH]c(=O)c2[nH]cnc2[nH]1.O=c1[nH]c(=O)c2ccccc2[nH]1.O=c1cc[nH]c(=O)[nH]1. The third kappa shape index (κ3) is 22.8. The Hall–Kier alpha value is -14.4. The van der Waals surface area contributed by atoms with E-state index in [0.717, 1.165) is 6.08 Å². The summed E-state index contributed by atoms with van der Waals surface area (Å²) in [5, 5.41) is 2.70. The van der Waals surface area contributed by atoms with E-state index in [1.165, 1.54) is 54.7 Å². The summed E-state index contributed by atoms with van der Waals surface area (Å²) in [6, 6.07) is 20.9. The Labute approximate surface area is 577 Å². The molecule has 0 radical (unpaired) electrons. The van der Waals surface area contributed by atoms with Crippen LogP contribution in [-0.4, -0.2) is 155 Å². The summed E-state index contributed by atoms with van der Waals surface area (Å²) in [4.78, 5) is 222. The molecule has 50 heteroatoms. The molecule has 0 saturated heterocycles. The average Bonchev–Trinajstić information content (AvgIpc) is 1.66. The first-order chi connectivity index (χ1) is 49.3. The number of hydrogen-bond acceptors (Lipinski definition) is 27. The molecule has 3 aliphatic rings. The number of carbonyl (C=O) groups excluding carboxylic acids is 4. The minimum absolute atomic E-state index is 0.0289. The summed E-state index contributed by atoms with van der Waals surface area (Å²) in [5.41, 5.74) is 2.38. The normalized spacial score (nSPS) is 12.9. The van der Waals surface area contributed by atoms with Crippen molar-refractivity contribution in [3.8, 4) is 0 Å². The molecule has 9 aromatic heterocycles. The van der Waals surface area contributed by atoms with Gasteiger partial charge in [0.05, 0.1) is 46.0 Å². The van der Waals surface area contributed by atoms with Gasteiger partial charge in [0.2, 0.25) is 0 Å². The second kappa shape index (κ2) is 34.6. The van der Waals surface area contributed by atoms with Crippen molar-refractivity contribution >= 4 is 98.5 Å². The molecule has 47 nitrogen and oxygen atoms in total. The number of imidazole rings is 3. The third-order valence-electron chi connectivity index (χ3n) is 12.5. The Kier molecular flexibility index (Phi) is 26.2. The van der Waals surface area contributed by atoms with Crippen molar-refractivity contribution in [2.45, 2.75) is 18.7 Å². The number of allylic oxidation sites excluding steroid dienone is 1. The quantitative estimate of drug-likeness (QED) is 0.0565. The van der Waals surface area contributed by atoms with Gasteiger partial charge in [-0.3, -0.25) is 112 Å². The molecule has 0 atom stereocenters. The van der Waals surface area contributed by atoms with Crippen LogP contribution in [0.3, 0.4) is 0 Å². The van der Waals surface area contributed by atoms with E-state index >= 15 is 0 Å². The summed E-state index contributed by atoms with van der Waals surface area (Å²) in [7, 11) is -7.94. The maximum absolute atomic E-state index is 11.3. The Bertz CT molecular complexity index is 6470. The first kappa shape index (κ1) is 79.6. The number of nitrogens with zero attached hydrogens (tertiary/aromatic N) is 4. The molecular formula is C55H54N22O25S3. The van der Waals surface area contributed by atoms with E-state index in [9.17, 15) is 107 Å². The van der Waals surface area contributed by atoms with Gasteiger partial charge in [0.15, 0.2) is 16.8 Å². The Morgan fingerprint density at radius 3 is 1.65 bits per heavy atom. The van der Waals surface area contributed by atoms with Crippen LogP contribution in [0.2, 0.25) is 0 Å². The fourth-order valence-electron chi connectivity index (χ4n) is 8.00. The number of imide groups is 1. The van der Waals surface area contributed by atoms with Crippen LogP contribution in [0.25, 0.3) is 44.4 Å². The van der Waals surface area contributed by atoms with Crippen molar-refractivity contribution < 1.29 is 53.2 Å². The van der Waals surface area contributed by atoms with Gasteiger partial charge in [0.1, 0.15) is 27.3 Å². The van der Waals surface area contributed by atoms with E-state index in [1.54, 1.807) is 91.0 Å². The molecule has 0 fully saturated rings. The maximum atomic E-state index is 11.3. The highest BCUT2D eigenvalue weighted by Gasteiger charge is 2.31. The number of benzene rings is 3. The van der Waals surface area contributed by atoms with Crippen molar-refractivity contribution in [3.05, 3.63) is 274 Å². The largest absolute Gasteiger partial charge is 0.409 e. The first-order valence-corrected chi connectivity index (χ1v) is 33.0. The smallest absolute Gasteiger partial charge is 0.371 e. The lowest BCUT2D eigenvalue weighted by Crippen LogP contribution is -2.34. The standard InChI is InChI=1S/C8H6N2O2.C8H5NO2.C7H8N4O2.C7H5NO3S.C5H4N4O3.C5H4N4O2.C5H6N2O2.C4H4N2O2.C4H5NO4S.C2H7NO3S/c11-7-5-3-1-2-4-6(5)9-8(12)10-7;10-7-5-3-1-2-4-6(5)8(11)9-7;1-10-3-8-5-4(10)6(12)9-7(13)11(5)2;9-7-5-3-1-2-4-6(5)12(10,11)8-7;10-3-1-2(7-4(11)6-1)8-5(12)9-3;10-4-2-3(7-1-6-2)8-5(11)9-4;1-3-2-6-5(9)7-4(3)8;7-3-1-2-5-4(8)6-3;1-3-2-4(6)5-10(7,8)9-3;3-1-2-7(4,5)6/h1-4H,(H2,9,10,11,12);1-4H,(H,9,10,11);3H,1-2H3,(H,9,12,13);1-4H,(H,8,9);(H4,6,7,8,9,10,11,12);1H,(H3,6,7,8,9,10,11);2H,1H3,(H2,6,7,8,9);1-2H,(H2,5,6,7,8);2H,1H3,(H,5,6);1-3H2,(H,4,5,6). The number of aromatic nitrogens is 18. The molecule has 4 amide bonds. The summed E-state index contributed by atoms with van der Waals surface area (Å²) in [6.45, 7) is 2.98. The molecule has 552 valence electrons. The van der Waals surface area contributed by atoms with Gasteiger partial charge in [0.25, 0.3) is 77.1 Å². The molecular weight excluding hydrogens is 1460 g/mol. The van der Waals surface area contributed by atoms with Gasteiger partial charge >= 0.3 is 50.1 Å². The van der Waals surface area contributed by atoms with Crippen molar-refractivity contribution in [1.82, 2.24) is 104 Å². The van der Waals surface area contributed by atoms with Crippen molar-refractivity contribution in [3.63, 3.8) is 0 Å². The first-order valence-electron chi connectivity index (χ1n) is 28.5. The Balaban J connectivity index is 0.000000184. The number of hydrogen-bond donors (Lipinski definition) is 19. The number of fused-ring (bicyclic) bond motifs is 6. The molecule has 15 rings (SSSR count). The number of nitrogens with one attached hydrogen (secondary N) is 17. The number of amides is 4. The number of carbonyl (C=O) groups is 4. The van der Waals surface area contributed by atoms with Gasteiger partial charge in [-0.1, -0.05) is 36.4 Å². The van der Waals surface area contributed by atoms with Gasteiger partial charge in [-0.25, -0.2) is 61.4 Å². The molecule has 0 spiro atoms. The molecule has 0 saturated carbocycles. The zero-order valence-corrected chi connectivity index (χ0v) is 56.1. The lowest BCUT2D eigenvalue weighted by atomic mass is 10.1. The topological polar surface area (TPSA) is 741 Å². The van der Waals surface area contributed by atoms with E-state index in [1.807, 2.05) is 14.7 Å². The highest BCUT2D eigenvalue weighted by atomic mass is 32.2. The molecule has 0 unspecified atom stereocenters. The van der Waals surface area contributed by atoms with Crippen LogP contribution in [0, 0.1) is 6.92 Å². The number of H-pyrrole nitrogens is 14. The zero-order valence-electron chi connectivity index (χ0n) is 53.6. The number of sulfonamides is 1. The lowest BCUT2D eigenvalue weighted by Gasteiger charge is -2.10. The van der Waals surface area contributed by atoms with Gasteiger partial charge < -0.3 is 34.4 Å². The second-order valence-corrected chi connectivity index (χ2v) is 24.7. The monoisotopic (exact) mass is 1520 g/mol. The minimum Gasteiger partial charge on any atom is -0.371 e. The van der Waals surface area contributed by atoms with Crippen LogP contribution >= 0.6 is 0 Å². The third-order valence-corrected chi connectivity index (χ3v) is 15.6. The van der Waals surface area contributed by atoms with Gasteiger partial charge in [0, 0.05) is 50.7 Å². The van der Waals surface area contributed by atoms with Crippen molar-refractivity contribution in [2.24, 2.45) is 19.8 Å². The molecule has 3 aliphatic heterocycles. The zero-order chi connectivity index (χ0) is 77.8. The number of aryl methyl sites for hydroxylation is 3. The number of para-hydroxylation sites is 1. The molecule has 3 aromatic carbocycles. The fraction of sp³-hybridized carbons (Fsp3) is 0.109. The van der Waals surface area contributed by atoms with Gasteiger partial charge in [-0.2, -0.15) is 16.8 Å². The van der Waals surface area contributed by atoms with E-state index in [4.69, 9.17) is 10.3 Å². The highest BCUT2D eigenvalue weighted by molar-refractivity contribution is 7.90. The predicted molar refractivity (Wildman–Crippen MR) is 366 cm³/mol. The summed E-state index contributed by atoms with van der Waals surface area (Å²) in [6.07, 6.45) is 6.57. The van der Waals surface area contributed by atoms with Gasteiger partial charge in [-0.05, 0) is 50.2 Å². The molecule has 12 heterocycles. The molecule has 0 bridgehead atoms. The molecule has 12 aromatic rings. The van der Waals surface area contributed by atoms with E-state index in [-0.39, 0.29) is 79.3 Å². The average molecular weight is 1520 g/mol. The number of aromatic amines is 14. The second-order valence-electron chi connectivity index (χ2n) is 20.2. The van der Waals surface area contributed by atoms with E-state index in [0.29, 0.717) is 38.8 Å². The summed E-state index contributed by atoms with van der Waals surface area (Å²) in [5.74, 6) is -2.11. The molecule has 20 N–H and O–H groups in total. The summed E-state index contributed by atoms with van der Waals surface area (Å²) < 4.78 is 81.2. The Morgan fingerprint density at radius 2 is 1.10 bits per heavy atom. The fourth-order valence-corrected chi connectivity index (χ4v) is 10.2.